The summed E-state index contributed by atoms with van der Waals surface area (Å²) in [5.41, 5.74) is 0.578. The van der Waals surface area contributed by atoms with Crippen LogP contribution in [0.4, 0.5) is 10.1 Å². The molecule has 0 bridgehead atoms. The number of aromatic hydroxyl groups is 1. The van der Waals surface area contributed by atoms with Crippen molar-refractivity contribution in [3.8, 4) is 5.75 Å². The molecule has 6 atom stereocenters. The molecule has 0 unspecified atom stereocenters. The van der Waals surface area contributed by atoms with Crippen molar-refractivity contribution < 1.29 is 28.7 Å². The largest absolute Gasteiger partial charge is 0.508 e. The highest BCUT2D eigenvalue weighted by Gasteiger charge is 2.67. The first-order valence-electron chi connectivity index (χ1n) is 12.8. The van der Waals surface area contributed by atoms with E-state index >= 15 is 0 Å². The Bertz CT molecular complexity index is 1440. The zero-order valence-electron chi connectivity index (χ0n) is 20.9. The molecule has 2 saturated heterocycles. The van der Waals surface area contributed by atoms with E-state index in [2.05, 4.69) is 0 Å². The van der Waals surface area contributed by atoms with Crippen LogP contribution < -0.4 is 4.90 Å². The smallest absolute Gasteiger partial charge is 0.241 e. The molecule has 6 rings (SSSR count). The summed E-state index contributed by atoms with van der Waals surface area (Å²) in [6, 6.07) is 10.3. The average molecular weight is 537 g/mol. The number of anilines is 1. The quantitative estimate of drug-likeness (QED) is 0.462. The van der Waals surface area contributed by atoms with Gasteiger partial charge in [-0.15, -0.1) is 0 Å². The van der Waals surface area contributed by atoms with Crippen molar-refractivity contribution in [2.24, 2.45) is 29.1 Å². The molecule has 1 saturated carbocycles. The number of likely N-dealkylation sites (tertiary alicyclic amines) is 1. The Morgan fingerprint density at radius 1 is 1.03 bits per heavy atom. The number of halogens is 2. The molecule has 2 aromatic carbocycles. The molecule has 2 aliphatic carbocycles. The summed E-state index contributed by atoms with van der Waals surface area (Å²) in [6.07, 6.45) is 2.60. The van der Waals surface area contributed by atoms with Gasteiger partial charge in [0.1, 0.15) is 11.6 Å². The maximum Gasteiger partial charge on any atom is 0.241 e. The first kappa shape index (κ1) is 24.8. The zero-order chi connectivity index (χ0) is 27.1. The molecule has 3 fully saturated rings. The Labute approximate surface area is 223 Å². The molecule has 7 nitrogen and oxygen atoms in total. The van der Waals surface area contributed by atoms with E-state index in [9.17, 15) is 28.7 Å². The van der Waals surface area contributed by atoms with E-state index in [1.54, 1.807) is 26.0 Å². The van der Waals surface area contributed by atoms with Crippen LogP contribution in [0.25, 0.3) is 0 Å². The third kappa shape index (κ3) is 3.19. The summed E-state index contributed by atoms with van der Waals surface area (Å²) in [6.45, 7) is 3.82. The van der Waals surface area contributed by atoms with Gasteiger partial charge in [0, 0.05) is 12.5 Å². The first-order valence-corrected chi connectivity index (χ1v) is 13.1. The SMILES string of the molecule is CCN1C(=O)[C@H]2[C@H](CC=C3[C@H]2C[C@H]2C(=O)N(c4ccc(F)c(Cl)c4)C(=O)[C@@]2(C)[C@H]3c2ccc(O)cc2)C1=O. The van der Waals surface area contributed by atoms with Crippen LogP contribution in [0.2, 0.25) is 5.02 Å². The summed E-state index contributed by atoms with van der Waals surface area (Å²) >= 11 is 6.00. The van der Waals surface area contributed by atoms with Crippen molar-refractivity contribution >= 4 is 40.9 Å². The highest BCUT2D eigenvalue weighted by molar-refractivity contribution is 6.31. The normalized spacial score (nSPS) is 32.3. The second kappa shape index (κ2) is 8.50. The summed E-state index contributed by atoms with van der Waals surface area (Å²) in [7, 11) is 0. The molecule has 0 radical (unpaired) electrons. The number of carbonyl (C=O) groups is 4. The lowest BCUT2D eigenvalue weighted by Crippen LogP contribution is -2.48. The van der Waals surface area contributed by atoms with Gasteiger partial charge in [0.05, 0.1) is 33.9 Å². The number of amides is 4. The number of hydrogen-bond donors (Lipinski definition) is 1. The van der Waals surface area contributed by atoms with Crippen LogP contribution in [-0.4, -0.2) is 40.2 Å². The van der Waals surface area contributed by atoms with Gasteiger partial charge in [-0.25, -0.2) is 9.29 Å². The van der Waals surface area contributed by atoms with Gasteiger partial charge in [-0.05, 0) is 68.5 Å². The number of carbonyl (C=O) groups excluding carboxylic acids is 4. The van der Waals surface area contributed by atoms with Gasteiger partial charge < -0.3 is 5.11 Å². The molecule has 2 aromatic rings. The summed E-state index contributed by atoms with van der Waals surface area (Å²) < 4.78 is 13.9. The van der Waals surface area contributed by atoms with Crippen LogP contribution in [0, 0.1) is 34.9 Å². The van der Waals surface area contributed by atoms with Gasteiger partial charge >= 0.3 is 0 Å². The molecule has 0 spiro atoms. The van der Waals surface area contributed by atoms with Crippen LogP contribution in [0.3, 0.4) is 0 Å². The summed E-state index contributed by atoms with van der Waals surface area (Å²) in [5, 5.41) is 9.74. The van der Waals surface area contributed by atoms with E-state index in [-0.39, 0.29) is 41.2 Å². The van der Waals surface area contributed by atoms with Crippen molar-refractivity contribution in [3.63, 3.8) is 0 Å². The number of nitrogens with zero attached hydrogens (tertiary/aromatic N) is 2. The fraction of sp³-hybridized carbons (Fsp3) is 0.379. The van der Waals surface area contributed by atoms with Crippen molar-refractivity contribution in [2.45, 2.75) is 32.6 Å². The average Bonchev–Trinajstić information content (AvgIpc) is 3.26. The lowest BCUT2D eigenvalue weighted by Gasteiger charge is -2.49. The highest BCUT2D eigenvalue weighted by atomic mass is 35.5. The third-order valence-electron chi connectivity index (χ3n) is 9.07. The highest BCUT2D eigenvalue weighted by Crippen LogP contribution is 2.63. The summed E-state index contributed by atoms with van der Waals surface area (Å²) in [5.74, 6) is -4.71. The van der Waals surface area contributed by atoms with Crippen LogP contribution in [0.1, 0.15) is 38.2 Å². The second-order valence-corrected chi connectivity index (χ2v) is 11.2. The Kier molecular flexibility index (Phi) is 5.54. The fourth-order valence-corrected chi connectivity index (χ4v) is 7.48. The molecular weight excluding hydrogens is 511 g/mol. The monoisotopic (exact) mass is 536 g/mol. The number of hydrogen-bond acceptors (Lipinski definition) is 5. The molecular formula is C29H26ClFN2O5. The van der Waals surface area contributed by atoms with E-state index in [0.717, 1.165) is 22.1 Å². The van der Waals surface area contributed by atoms with Crippen LogP contribution in [0.5, 0.6) is 5.75 Å². The number of phenols is 1. The molecule has 9 heteroatoms. The first-order chi connectivity index (χ1) is 18.1. The molecule has 4 aliphatic rings. The minimum absolute atomic E-state index is 0.0621. The second-order valence-electron chi connectivity index (χ2n) is 10.8. The molecule has 0 aromatic heterocycles. The summed E-state index contributed by atoms with van der Waals surface area (Å²) in [4.78, 5) is 57.0. The van der Waals surface area contributed by atoms with Crippen molar-refractivity contribution in [3.05, 3.63) is 70.5 Å². The predicted octanol–water partition coefficient (Wildman–Crippen LogP) is 4.44. The van der Waals surface area contributed by atoms with E-state index in [0.29, 0.717) is 6.42 Å². The van der Waals surface area contributed by atoms with Crippen molar-refractivity contribution in [1.82, 2.24) is 4.90 Å². The van der Waals surface area contributed by atoms with Gasteiger partial charge in [0.25, 0.3) is 0 Å². The topological polar surface area (TPSA) is 95.0 Å². The zero-order valence-corrected chi connectivity index (χ0v) is 21.6. The third-order valence-corrected chi connectivity index (χ3v) is 9.36. The molecule has 1 N–H and O–H groups in total. The number of benzene rings is 2. The number of allylic oxidation sites excluding steroid dienone is 2. The molecule has 4 amide bonds. The van der Waals surface area contributed by atoms with Crippen LogP contribution in [0.15, 0.2) is 54.1 Å². The lowest BCUT2D eigenvalue weighted by atomic mass is 9.51. The molecule has 2 heterocycles. The van der Waals surface area contributed by atoms with Gasteiger partial charge in [-0.3, -0.25) is 24.1 Å². The number of imide groups is 2. The maximum absolute atomic E-state index is 14.2. The Hall–Kier alpha value is -3.52. The van der Waals surface area contributed by atoms with Crippen molar-refractivity contribution in [2.75, 3.05) is 11.4 Å². The number of fused-ring (bicyclic) bond motifs is 4. The van der Waals surface area contributed by atoms with E-state index in [1.807, 2.05) is 6.08 Å². The van der Waals surface area contributed by atoms with E-state index < -0.39 is 52.6 Å². The van der Waals surface area contributed by atoms with Crippen LogP contribution >= 0.6 is 11.6 Å². The van der Waals surface area contributed by atoms with Crippen LogP contribution in [-0.2, 0) is 19.2 Å². The van der Waals surface area contributed by atoms with Gasteiger partial charge in [0.15, 0.2) is 0 Å². The van der Waals surface area contributed by atoms with Crippen molar-refractivity contribution in [1.29, 1.82) is 0 Å². The number of rotatable bonds is 3. The number of phenolic OH excluding ortho intramolecular Hbond substituents is 1. The molecule has 38 heavy (non-hydrogen) atoms. The fourth-order valence-electron chi connectivity index (χ4n) is 7.31. The minimum atomic E-state index is -1.21. The Balaban J connectivity index is 1.52. The van der Waals surface area contributed by atoms with Gasteiger partial charge in [-0.1, -0.05) is 35.4 Å². The van der Waals surface area contributed by atoms with Gasteiger partial charge in [-0.2, -0.15) is 0 Å². The Morgan fingerprint density at radius 3 is 2.39 bits per heavy atom. The van der Waals surface area contributed by atoms with E-state index in [4.69, 9.17) is 11.6 Å². The maximum atomic E-state index is 14.2. The van der Waals surface area contributed by atoms with Gasteiger partial charge in [0.2, 0.25) is 23.6 Å². The molecule has 2 aliphatic heterocycles. The standard InChI is InChI=1S/C29H26ClFN2O5/c1-3-32-25(35)18-10-9-17-19(23(18)27(32)37)13-20-26(36)33(15-6-11-22(31)21(30)12-15)28(38)29(20,2)24(17)14-4-7-16(34)8-5-14/h4-9,11-12,18-20,23-24,34H,3,10,13H2,1-2H3/t18-,19+,20-,23-,24-,29+/m0/s1. The predicted molar refractivity (Wildman–Crippen MR) is 137 cm³/mol. The lowest BCUT2D eigenvalue weighted by molar-refractivity contribution is -0.140. The van der Waals surface area contributed by atoms with E-state index in [1.165, 1.54) is 29.2 Å². The Morgan fingerprint density at radius 2 is 1.74 bits per heavy atom. The molecule has 196 valence electrons. The minimum Gasteiger partial charge on any atom is -0.508 e.